The molecule has 1 fully saturated rings. The number of rotatable bonds is 1. The summed E-state index contributed by atoms with van der Waals surface area (Å²) in [5.74, 6) is -1.09. The van der Waals surface area contributed by atoms with Crippen LogP contribution in [0.5, 0.6) is 0 Å². The first kappa shape index (κ1) is 23.2. The van der Waals surface area contributed by atoms with Crippen LogP contribution in [0.15, 0.2) is 54.1 Å². The third-order valence-electron chi connectivity index (χ3n) is 7.96. The van der Waals surface area contributed by atoms with Crippen molar-refractivity contribution in [3.8, 4) is 0 Å². The Morgan fingerprint density at radius 3 is 2.19 bits per heavy atom. The van der Waals surface area contributed by atoms with E-state index in [2.05, 4.69) is 80.4 Å². The Labute approximate surface area is 217 Å². The molecular weight excluding hydrogens is 533 g/mol. The number of hydrogen-bond donors (Lipinski definition) is 0. The fourth-order valence-corrected chi connectivity index (χ4v) is 12.9. The molecule has 6 rings (SSSR count). The molecule has 0 atom stereocenters. The van der Waals surface area contributed by atoms with Gasteiger partial charge in [0.05, 0.1) is 0 Å². The monoisotopic (exact) mass is 561 g/mol. The topological polar surface area (TPSA) is 60.9 Å². The summed E-state index contributed by atoms with van der Waals surface area (Å²) in [6.45, 7) is 9.39. The molecule has 0 saturated carbocycles. The number of carbonyl (C=O) groups is 3. The van der Waals surface area contributed by atoms with Gasteiger partial charge in [-0.05, 0) is 0 Å². The van der Waals surface area contributed by atoms with E-state index in [-0.39, 0.29) is 25.5 Å². The summed E-state index contributed by atoms with van der Waals surface area (Å²) in [4.78, 5) is 42.4. The van der Waals surface area contributed by atoms with Crippen LogP contribution in [0, 0.1) is 0 Å². The van der Waals surface area contributed by atoms with Crippen molar-refractivity contribution in [2.24, 2.45) is 0 Å². The van der Waals surface area contributed by atoms with Gasteiger partial charge in [-0.1, -0.05) is 0 Å². The number of carbonyl (C=O) groups excluding carboxylic acids is 3. The predicted octanol–water partition coefficient (Wildman–Crippen LogP) is 3.42. The van der Waals surface area contributed by atoms with Crippen molar-refractivity contribution in [1.82, 2.24) is 9.80 Å². The Hall–Kier alpha value is -3.19. The third kappa shape index (κ3) is 2.86. The molecule has 182 valence electrons. The molecule has 1 saturated heterocycles. The van der Waals surface area contributed by atoms with Crippen molar-refractivity contribution in [3.05, 3.63) is 69.7 Å². The molecule has 1 aromatic heterocycles. The fourth-order valence-electron chi connectivity index (χ4n) is 5.81. The number of nitrogens with zero attached hydrogens (tertiary/aromatic N) is 3. The van der Waals surface area contributed by atoms with Crippen LogP contribution in [0.2, 0.25) is 13.1 Å². The molecule has 0 radical (unpaired) electrons. The van der Waals surface area contributed by atoms with Gasteiger partial charge < -0.3 is 0 Å². The van der Waals surface area contributed by atoms with Crippen molar-refractivity contribution in [1.29, 1.82) is 0 Å². The van der Waals surface area contributed by atoms with Gasteiger partial charge in [-0.15, -0.1) is 0 Å². The molecule has 2 aromatic carbocycles. The first-order chi connectivity index (χ1) is 17.0. The maximum absolute atomic E-state index is 12.9. The molecule has 36 heavy (non-hydrogen) atoms. The number of fused-ring (bicyclic) bond motifs is 4. The first-order valence-electron chi connectivity index (χ1n) is 12.0. The zero-order valence-electron chi connectivity index (χ0n) is 21.2. The van der Waals surface area contributed by atoms with Crippen LogP contribution < -0.4 is 15.3 Å². The van der Waals surface area contributed by atoms with Crippen LogP contribution in [0.3, 0.4) is 0 Å². The summed E-state index contributed by atoms with van der Waals surface area (Å²) in [5, 5.41) is 2.76. The second-order valence-electron chi connectivity index (χ2n) is 10.7. The van der Waals surface area contributed by atoms with Crippen molar-refractivity contribution in [2.45, 2.75) is 32.4 Å². The Morgan fingerprint density at radius 2 is 1.50 bits per heavy atom. The molecular formula is C28H27N3O3SeSi. The van der Waals surface area contributed by atoms with Gasteiger partial charge in [-0.2, -0.15) is 0 Å². The van der Waals surface area contributed by atoms with Crippen molar-refractivity contribution in [3.63, 3.8) is 0 Å². The number of para-hydroxylation sites is 2. The Balaban J connectivity index is 1.59. The van der Waals surface area contributed by atoms with Gasteiger partial charge in [-0.25, -0.2) is 0 Å². The average Bonchev–Trinajstić information content (AvgIpc) is 3.29. The quantitative estimate of drug-likeness (QED) is 0.260. The number of benzene rings is 2. The van der Waals surface area contributed by atoms with Crippen LogP contribution in [0.4, 0.5) is 20.7 Å². The zero-order chi connectivity index (χ0) is 25.7. The van der Waals surface area contributed by atoms with Gasteiger partial charge in [0.15, 0.2) is 0 Å². The molecule has 0 unspecified atom stereocenters. The molecule has 4 heterocycles. The number of anilines is 3. The molecule has 0 aliphatic carbocycles. The van der Waals surface area contributed by atoms with Gasteiger partial charge >= 0.3 is 218 Å². The minimum atomic E-state index is -2.06. The number of barbiturate groups is 1. The van der Waals surface area contributed by atoms with Crippen LogP contribution in [0.25, 0.3) is 6.08 Å². The van der Waals surface area contributed by atoms with E-state index in [0.717, 1.165) is 14.2 Å². The second kappa shape index (κ2) is 7.41. The van der Waals surface area contributed by atoms with Crippen molar-refractivity contribution < 1.29 is 14.4 Å². The summed E-state index contributed by atoms with van der Waals surface area (Å²) >= 11 is -0.106. The first-order valence-corrected chi connectivity index (χ1v) is 16.7. The van der Waals surface area contributed by atoms with Gasteiger partial charge in [-0.3, -0.25) is 0 Å². The SMILES string of the molecule is CN1C(=O)C(=Cc2cc3c([se]2)N2c4ccccc4C(C)(C)c4cccc(c42)[Si]3(C)C)C(=O)N(C)C1=O. The molecule has 8 heteroatoms. The Bertz CT molecular complexity index is 1530. The predicted molar refractivity (Wildman–Crippen MR) is 146 cm³/mol. The van der Waals surface area contributed by atoms with E-state index in [1.165, 1.54) is 51.5 Å². The zero-order valence-corrected chi connectivity index (χ0v) is 23.9. The number of likely N-dealkylation sites (N-methyl/N-ethyl adjacent to an activating group) is 2. The Kier molecular flexibility index (Phi) is 4.78. The minimum absolute atomic E-state index is 0.0467. The van der Waals surface area contributed by atoms with Crippen LogP contribution in [-0.2, 0) is 15.0 Å². The normalized spacial score (nSPS) is 19.2. The number of imide groups is 2. The van der Waals surface area contributed by atoms with Gasteiger partial charge in [0, 0.05) is 0 Å². The molecule has 4 amide bonds. The molecule has 3 aromatic rings. The molecule has 3 aliphatic rings. The fraction of sp³-hybridized carbons (Fsp3) is 0.250. The second-order valence-corrected chi connectivity index (χ2v) is 17.3. The Morgan fingerprint density at radius 1 is 0.861 bits per heavy atom. The van der Waals surface area contributed by atoms with Crippen molar-refractivity contribution in [2.75, 3.05) is 19.0 Å². The molecule has 0 spiro atoms. The summed E-state index contributed by atoms with van der Waals surface area (Å²) in [6, 6.07) is 17.0. The van der Waals surface area contributed by atoms with Crippen LogP contribution >= 0.6 is 0 Å². The summed E-state index contributed by atoms with van der Waals surface area (Å²) in [6.07, 6.45) is 1.72. The molecule has 0 bridgehead atoms. The van der Waals surface area contributed by atoms with Gasteiger partial charge in [0.2, 0.25) is 0 Å². The van der Waals surface area contributed by atoms with E-state index in [4.69, 9.17) is 0 Å². The van der Waals surface area contributed by atoms with E-state index in [9.17, 15) is 14.4 Å². The summed E-state index contributed by atoms with van der Waals surface area (Å²) < 4.78 is 2.28. The molecule has 3 aliphatic heterocycles. The molecule has 0 N–H and O–H groups in total. The van der Waals surface area contributed by atoms with E-state index in [1.54, 1.807) is 6.08 Å². The van der Waals surface area contributed by atoms with Crippen LogP contribution in [-0.4, -0.2) is 64.3 Å². The number of hydrogen-bond acceptors (Lipinski definition) is 4. The third-order valence-corrected chi connectivity index (χ3v) is 14.1. The number of amides is 4. The standard InChI is InChI=1S/C28H27N3O3SeSi/c1-28(2)18-10-7-8-12-20(18)31-23-19(28)11-9-13-21(23)36(5,6)22-15-16(35-26(22)31)14-17-24(32)29(3)27(34)30(4)25(17)33/h7-15H,1-6H3. The van der Waals surface area contributed by atoms with Crippen LogP contribution in [0.1, 0.15) is 29.4 Å². The average molecular weight is 561 g/mol. The summed E-state index contributed by atoms with van der Waals surface area (Å²) in [7, 11) is 0.775. The number of urea groups is 1. The van der Waals surface area contributed by atoms with E-state index in [1.807, 2.05) is 0 Å². The van der Waals surface area contributed by atoms with Gasteiger partial charge in [0.1, 0.15) is 0 Å². The van der Waals surface area contributed by atoms with Crippen molar-refractivity contribution >= 4 is 72.8 Å². The van der Waals surface area contributed by atoms with E-state index >= 15 is 0 Å². The molecule has 6 nitrogen and oxygen atoms in total. The maximum atomic E-state index is 12.9. The van der Waals surface area contributed by atoms with E-state index < -0.39 is 25.9 Å². The summed E-state index contributed by atoms with van der Waals surface area (Å²) in [5.41, 5.74) is 5.09. The van der Waals surface area contributed by atoms with E-state index in [0.29, 0.717) is 0 Å². The van der Waals surface area contributed by atoms with Gasteiger partial charge in [0.25, 0.3) is 0 Å².